The molecular weight excluding hydrogens is 384 g/mol. The molecule has 1 atom stereocenters. The summed E-state index contributed by atoms with van der Waals surface area (Å²) in [5.41, 5.74) is 2.69. The summed E-state index contributed by atoms with van der Waals surface area (Å²) in [5.74, 6) is 1.84. The summed E-state index contributed by atoms with van der Waals surface area (Å²) in [6.45, 7) is 1.82. The van der Waals surface area contributed by atoms with Crippen LogP contribution in [0.4, 0.5) is 5.95 Å². The van der Waals surface area contributed by atoms with Gasteiger partial charge in [-0.05, 0) is 19.1 Å². The van der Waals surface area contributed by atoms with Crippen LogP contribution in [0, 0.1) is 0 Å². The number of benzene rings is 2. The van der Waals surface area contributed by atoms with E-state index in [4.69, 9.17) is 19.3 Å². The molecule has 8 nitrogen and oxygen atoms in total. The number of anilines is 1. The molecule has 1 unspecified atom stereocenters. The number of hydrogen-bond donors (Lipinski definition) is 1. The van der Waals surface area contributed by atoms with Crippen molar-refractivity contribution in [1.29, 1.82) is 0 Å². The first-order valence-corrected chi connectivity index (χ1v) is 9.37. The normalized spacial score (nSPS) is 15.3. The maximum atomic E-state index is 12.7. The summed E-state index contributed by atoms with van der Waals surface area (Å²) in [5, 5.41) is 7.89. The molecule has 1 N–H and O–H groups in total. The number of rotatable bonds is 5. The van der Waals surface area contributed by atoms with Crippen LogP contribution in [0.5, 0.6) is 11.5 Å². The molecule has 0 aliphatic carbocycles. The van der Waals surface area contributed by atoms with Crippen molar-refractivity contribution in [3.05, 3.63) is 65.4 Å². The van der Waals surface area contributed by atoms with Gasteiger partial charge in [0.25, 0.3) is 0 Å². The van der Waals surface area contributed by atoms with E-state index in [1.165, 1.54) is 7.11 Å². The van der Waals surface area contributed by atoms with Crippen LogP contribution in [0.25, 0.3) is 11.4 Å². The largest absolute Gasteiger partial charge is 0.497 e. The molecule has 0 fully saturated rings. The zero-order valence-corrected chi connectivity index (χ0v) is 17.2. The maximum Gasteiger partial charge on any atom is 0.338 e. The number of nitrogens with one attached hydrogen (secondary N) is 1. The topological polar surface area (TPSA) is 87.5 Å². The maximum absolute atomic E-state index is 12.7. The Kier molecular flexibility index (Phi) is 5.14. The van der Waals surface area contributed by atoms with E-state index in [9.17, 15) is 4.79 Å². The Morgan fingerprint density at radius 1 is 1.07 bits per heavy atom. The number of fused-ring (bicyclic) bond motifs is 1. The summed E-state index contributed by atoms with van der Waals surface area (Å²) in [7, 11) is 4.52. The van der Waals surface area contributed by atoms with Crippen LogP contribution in [0.2, 0.25) is 0 Å². The van der Waals surface area contributed by atoms with Crippen LogP contribution in [0.15, 0.2) is 59.8 Å². The Bertz CT molecular complexity index is 1120. The highest BCUT2D eigenvalue weighted by Crippen LogP contribution is 2.41. The average molecular weight is 406 g/mol. The van der Waals surface area contributed by atoms with E-state index in [1.807, 2.05) is 49.4 Å². The molecule has 1 aliphatic rings. The number of nitrogens with zero attached hydrogens (tertiary/aromatic N) is 3. The third kappa shape index (κ3) is 3.26. The molecule has 0 radical (unpaired) electrons. The lowest BCUT2D eigenvalue weighted by molar-refractivity contribution is -0.136. The van der Waals surface area contributed by atoms with E-state index in [2.05, 4.69) is 10.3 Å². The summed E-state index contributed by atoms with van der Waals surface area (Å²) in [6.07, 6.45) is 0. The minimum atomic E-state index is -0.584. The average Bonchev–Trinajstić information content (AvgIpc) is 3.21. The summed E-state index contributed by atoms with van der Waals surface area (Å²) in [4.78, 5) is 17.4. The van der Waals surface area contributed by atoms with Crippen molar-refractivity contribution in [3.63, 3.8) is 0 Å². The predicted octanol–water partition coefficient (Wildman–Crippen LogP) is 3.42. The third-order valence-corrected chi connectivity index (χ3v) is 5.03. The van der Waals surface area contributed by atoms with E-state index in [-0.39, 0.29) is 0 Å². The molecule has 1 aromatic heterocycles. The minimum absolute atomic E-state index is 0.429. The summed E-state index contributed by atoms with van der Waals surface area (Å²) < 4.78 is 17.7. The van der Waals surface area contributed by atoms with Crippen LogP contribution in [0.1, 0.15) is 18.5 Å². The van der Waals surface area contributed by atoms with Crippen molar-refractivity contribution in [3.8, 4) is 22.9 Å². The Balaban J connectivity index is 1.92. The third-order valence-electron chi connectivity index (χ3n) is 5.03. The molecule has 0 amide bonds. The van der Waals surface area contributed by atoms with Crippen LogP contribution in [0.3, 0.4) is 0 Å². The van der Waals surface area contributed by atoms with E-state index in [1.54, 1.807) is 25.0 Å². The fourth-order valence-corrected chi connectivity index (χ4v) is 3.57. The van der Waals surface area contributed by atoms with Gasteiger partial charge in [0, 0.05) is 22.9 Å². The fraction of sp³-hybridized carbons (Fsp3) is 0.227. The predicted molar refractivity (Wildman–Crippen MR) is 111 cm³/mol. The van der Waals surface area contributed by atoms with Gasteiger partial charge in [0.15, 0.2) is 5.82 Å². The van der Waals surface area contributed by atoms with E-state index in [0.717, 1.165) is 11.1 Å². The van der Waals surface area contributed by atoms with Gasteiger partial charge in [-0.2, -0.15) is 4.98 Å². The van der Waals surface area contributed by atoms with Crippen molar-refractivity contribution < 1.29 is 19.0 Å². The lowest BCUT2D eigenvalue weighted by Gasteiger charge is -2.28. The molecule has 0 bridgehead atoms. The van der Waals surface area contributed by atoms with Crippen LogP contribution >= 0.6 is 0 Å². The first-order valence-electron chi connectivity index (χ1n) is 9.37. The molecule has 4 rings (SSSR count). The lowest BCUT2D eigenvalue weighted by Crippen LogP contribution is -2.29. The molecule has 3 aromatic rings. The number of allylic oxidation sites excluding steroid dienone is 1. The number of methoxy groups -OCH3 is 3. The minimum Gasteiger partial charge on any atom is -0.497 e. The van der Waals surface area contributed by atoms with Crippen molar-refractivity contribution >= 4 is 11.9 Å². The molecule has 8 heteroatoms. The molecule has 0 saturated heterocycles. The van der Waals surface area contributed by atoms with Gasteiger partial charge in [-0.1, -0.05) is 30.3 Å². The van der Waals surface area contributed by atoms with Crippen molar-refractivity contribution in [2.24, 2.45) is 0 Å². The van der Waals surface area contributed by atoms with Crippen LogP contribution in [-0.2, 0) is 9.53 Å². The number of carbonyl (C=O) groups is 1. The molecule has 30 heavy (non-hydrogen) atoms. The van der Waals surface area contributed by atoms with Crippen molar-refractivity contribution in [1.82, 2.24) is 14.8 Å². The zero-order chi connectivity index (χ0) is 21.3. The van der Waals surface area contributed by atoms with Gasteiger partial charge < -0.3 is 19.5 Å². The Labute approximate surface area is 174 Å². The Morgan fingerprint density at radius 2 is 1.83 bits per heavy atom. The SMILES string of the molecule is COC(=O)C1=C(C)Nc2nc(-c3ccccc3)nn2C1c1ccc(OC)cc1OC. The number of esters is 1. The van der Waals surface area contributed by atoms with Gasteiger partial charge in [-0.3, -0.25) is 0 Å². The first-order chi connectivity index (χ1) is 14.6. The summed E-state index contributed by atoms with van der Waals surface area (Å²) in [6, 6.07) is 14.5. The van der Waals surface area contributed by atoms with Crippen LogP contribution < -0.4 is 14.8 Å². The molecule has 2 aromatic carbocycles. The highest BCUT2D eigenvalue weighted by atomic mass is 16.5. The second-order valence-electron chi connectivity index (χ2n) is 6.74. The van der Waals surface area contributed by atoms with Crippen molar-refractivity contribution in [2.75, 3.05) is 26.6 Å². The molecule has 0 spiro atoms. The number of aromatic nitrogens is 3. The molecule has 0 saturated carbocycles. The smallest absolute Gasteiger partial charge is 0.338 e. The van der Waals surface area contributed by atoms with E-state index in [0.29, 0.717) is 34.5 Å². The van der Waals surface area contributed by atoms with Crippen LogP contribution in [-0.4, -0.2) is 42.1 Å². The first kappa shape index (κ1) is 19.5. The van der Waals surface area contributed by atoms with Gasteiger partial charge in [0.1, 0.15) is 17.5 Å². The second kappa shape index (κ2) is 7.90. The lowest BCUT2D eigenvalue weighted by atomic mass is 9.95. The quantitative estimate of drug-likeness (QED) is 0.650. The second-order valence-corrected chi connectivity index (χ2v) is 6.74. The van der Waals surface area contributed by atoms with E-state index >= 15 is 0 Å². The standard InChI is InChI=1S/C22H22N4O4/c1-13-18(21(27)30-4)19(16-11-10-15(28-2)12-17(16)29-3)26-22(23-13)24-20(25-26)14-8-6-5-7-9-14/h5-12,19H,1-4H3,(H,23,24,25). The molecule has 154 valence electrons. The molecular formula is C22H22N4O4. The monoisotopic (exact) mass is 406 g/mol. The fourth-order valence-electron chi connectivity index (χ4n) is 3.57. The highest BCUT2D eigenvalue weighted by molar-refractivity contribution is 5.92. The summed E-state index contributed by atoms with van der Waals surface area (Å²) >= 11 is 0. The number of carbonyl (C=O) groups excluding carboxylic acids is 1. The van der Waals surface area contributed by atoms with Crippen molar-refractivity contribution in [2.45, 2.75) is 13.0 Å². The molecule has 2 heterocycles. The van der Waals surface area contributed by atoms with E-state index < -0.39 is 12.0 Å². The van der Waals surface area contributed by atoms with Gasteiger partial charge in [0.2, 0.25) is 5.95 Å². The highest BCUT2D eigenvalue weighted by Gasteiger charge is 2.36. The Hall–Kier alpha value is -3.81. The van der Waals surface area contributed by atoms with Gasteiger partial charge in [-0.25, -0.2) is 9.48 Å². The Morgan fingerprint density at radius 3 is 2.50 bits per heavy atom. The number of hydrogen-bond acceptors (Lipinski definition) is 7. The number of ether oxygens (including phenoxy) is 3. The zero-order valence-electron chi connectivity index (χ0n) is 17.2. The van der Waals surface area contributed by atoms with Gasteiger partial charge in [-0.15, -0.1) is 5.10 Å². The molecule has 1 aliphatic heterocycles. The van der Waals surface area contributed by atoms with Gasteiger partial charge in [0.05, 0.1) is 26.9 Å². The van der Waals surface area contributed by atoms with Gasteiger partial charge >= 0.3 is 5.97 Å².